The van der Waals surface area contributed by atoms with Crippen molar-refractivity contribution < 1.29 is 0 Å². The van der Waals surface area contributed by atoms with Gasteiger partial charge in [0.25, 0.3) is 0 Å². The first-order chi connectivity index (χ1) is 5.42. The van der Waals surface area contributed by atoms with Crippen molar-refractivity contribution >= 4 is 0 Å². The molecular formula is C10H13N. The number of hydrogen-bond acceptors (Lipinski definition) is 0. The zero-order valence-electron chi connectivity index (χ0n) is 6.66. The third kappa shape index (κ3) is 0.712. The molecule has 58 valence electrons. The highest BCUT2D eigenvalue weighted by Crippen LogP contribution is 2.59. The molecule has 0 bridgehead atoms. The summed E-state index contributed by atoms with van der Waals surface area (Å²) in [5.41, 5.74) is 0.601. The molecule has 0 amide bonds. The van der Waals surface area contributed by atoms with E-state index in [1.165, 1.54) is 25.7 Å². The van der Waals surface area contributed by atoms with Crippen LogP contribution in [0.4, 0.5) is 0 Å². The molecule has 1 aromatic heterocycles. The van der Waals surface area contributed by atoms with Crippen molar-refractivity contribution in [1.82, 2.24) is 4.57 Å². The van der Waals surface area contributed by atoms with Gasteiger partial charge < -0.3 is 4.57 Å². The molecule has 1 nitrogen and oxygen atoms in total. The second-order valence-corrected chi connectivity index (χ2v) is 3.97. The Kier molecular flexibility index (Phi) is 0.913. The van der Waals surface area contributed by atoms with Gasteiger partial charge in [0.05, 0.1) is 0 Å². The fourth-order valence-electron chi connectivity index (χ4n) is 2.26. The molecule has 0 radical (unpaired) electrons. The third-order valence-corrected chi connectivity index (χ3v) is 3.22. The summed E-state index contributed by atoms with van der Waals surface area (Å²) in [6, 6.07) is 4.28. The molecule has 3 rings (SSSR count). The predicted molar refractivity (Wildman–Crippen MR) is 44.4 cm³/mol. The fourth-order valence-corrected chi connectivity index (χ4v) is 2.26. The zero-order valence-corrected chi connectivity index (χ0v) is 6.66. The van der Waals surface area contributed by atoms with Crippen molar-refractivity contribution in [2.45, 2.75) is 31.2 Å². The van der Waals surface area contributed by atoms with Gasteiger partial charge in [-0.1, -0.05) is 0 Å². The van der Waals surface area contributed by atoms with Gasteiger partial charge in [-0.2, -0.15) is 0 Å². The molecule has 0 spiro atoms. The first-order valence-electron chi connectivity index (χ1n) is 4.55. The molecule has 0 saturated heterocycles. The van der Waals surface area contributed by atoms with E-state index in [9.17, 15) is 0 Å². The summed E-state index contributed by atoms with van der Waals surface area (Å²) in [6.45, 7) is 0. The van der Waals surface area contributed by atoms with Gasteiger partial charge >= 0.3 is 0 Å². The van der Waals surface area contributed by atoms with Crippen LogP contribution in [0, 0.1) is 5.92 Å². The minimum atomic E-state index is 0.601. The number of hydrogen-bond donors (Lipinski definition) is 0. The van der Waals surface area contributed by atoms with E-state index < -0.39 is 0 Å². The van der Waals surface area contributed by atoms with E-state index in [-0.39, 0.29) is 0 Å². The van der Waals surface area contributed by atoms with E-state index in [1.807, 2.05) is 0 Å². The molecule has 0 N–H and O–H groups in total. The van der Waals surface area contributed by atoms with Crippen molar-refractivity contribution in [3.8, 4) is 0 Å². The van der Waals surface area contributed by atoms with Crippen molar-refractivity contribution in [2.75, 3.05) is 0 Å². The quantitative estimate of drug-likeness (QED) is 0.605. The summed E-state index contributed by atoms with van der Waals surface area (Å²) in [7, 11) is 0. The van der Waals surface area contributed by atoms with Gasteiger partial charge in [-0.25, -0.2) is 0 Å². The van der Waals surface area contributed by atoms with Gasteiger partial charge in [0.15, 0.2) is 0 Å². The molecular weight excluding hydrogens is 134 g/mol. The van der Waals surface area contributed by atoms with Gasteiger partial charge in [0.1, 0.15) is 0 Å². The maximum Gasteiger partial charge on any atom is 0.0469 e. The summed E-state index contributed by atoms with van der Waals surface area (Å²) >= 11 is 0. The summed E-state index contributed by atoms with van der Waals surface area (Å²) in [4.78, 5) is 0. The Morgan fingerprint density at radius 1 is 1.09 bits per heavy atom. The second-order valence-electron chi connectivity index (χ2n) is 3.97. The normalized spacial score (nSPS) is 26.9. The molecule has 0 unspecified atom stereocenters. The molecule has 11 heavy (non-hydrogen) atoms. The average Bonchev–Trinajstić information content (AvgIpc) is 2.89. The van der Waals surface area contributed by atoms with Crippen LogP contribution in [0.15, 0.2) is 24.5 Å². The maximum atomic E-state index is 2.44. The van der Waals surface area contributed by atoms with Crippen LogP contribution in [0.5, 0.6) is 0 Å². The van der Waals surface area contributed by atoms with Gasteiger partial charge in [-0.3, -0.25) is 0 Å². The average molecular weight is 147 g/mol. The molecule has 1 aromatic rings. The standard InChI is InChI=1S/C10H13N/c1-2-8-11(7-1)10(5-6-10)9-3-4-9/h1-2,7-9H,3-6H2. The van der Waals surface area contributed by atoms with E-state index in [0.717, 1.165) is 5.92 Å². The topological polar surface area (TPSA) is 4.93 Å². The monoisotopic (exact) mass is 147 g/mol. The Hall–Kier alpha value is -0.720. The third-order valence-electron chi connectivity index (χ3n) is 3.22. The predicted octanol–water partition coefficient (Wildman–Crippen LogP) is 2.39. The number of nitrogens with zero attached hydrogens (tertiary/aromatic N) is 1. The van der Waals surface area contributed by atoms with Crippen LogP contribution < -0.4 is 0 Å². The van der Waals surface area contributed by atoms with Crippen molar-refractivity contribution in [2.24, 2.45) is 5.92 Å². The second kappa shape index (κ2) is 1.71. The molecule has 2 aliphatic carbocycles. The summed E-state index contributed by atoms with van der Waals surface area (Å²) in [5, 5.41) is 0. The van der Waals surface area contributed by atoms with E-state index in [4.69, 9.17) is 0 Å². The lowest BCUT2D eigenvalue weighted by Crippen LogP contribution is -2.17. The lowest BCUT2D eigenvalue weighted by molar-refractivity contribution is 0.423. The highest BCUT2D eigenvalue weighted by atomic mass is 15.1. The van der Waals surface area contributed by atoms with Crippen LogP contribution in [-0.4, -0.2) is 4.57 Å². The largest absolute Gasteiger partial charge is 0.348 e. The molecule has 0 atom stereocenters. The smallest absolute Gasteiger partial charge is 0.0469 e. The Morgan fingerprint density at radius 3 is 2.18 bits per heavy atom. The summed E-state index contributed by atoms with van der Waals surface area (Å²) in [5.74, 6) is 1.02. The summed E-state index contributed by atoms with van der Waals surface area (Å²) < 4.78 is 2.44. The molecule has 1 heterocycles. The molecule has 2 saturated carbocycles. The summed E-state index contributed by atoms with van der Waals surface area (Å²) in [6.07, 6.45) is 10.2. The molecule has 0 aliphatic heterocycles. The lowest BCUT2D eigenvalue weighted by Gasteiger charge is -2.15. The Bertz CT molecular complexity index is 252. The molecule has 0 aromatic carbocycles. The van der Waals surface area contributed by atoms with Crippen LogP contribution in [0.1, 0.15) is 25.7 Å². The van der Waals surface area contributed by atoms with Crippen LogP contribution in [0.3, 0.4) is 0 Å². The molecule has 2 aliphatic rings. The maximum absolute atomic E-state index is 2.44. The van der Waals surface area contributed by atoms with Crippen molar-refractivity contribution in [1.29, 1.82) is 0 Å². The minimum absolute atomic E-state index is 0.601. The highest BCUT2D eigenvalue weighted by Gasteiger charge is 2.54. The Labute approximate surface area is 67.0 Å². The van der Waals surface area contributed by atoms with E-state index in [2.05, 4.69) is 29.1 Å². The number of rotatable bonds is 2. The fraction of sp³-hybridized carbons (Fsp3) is 0.600. The van der Waals surface area contributed by atoms with Gasteiger partial charge in [0, 0.05) is 17.9 Å². The van der Waals surface area contributed by atoms with Crippen LogP contribution in [-0.2, 0) is 5.54 Å². The van der Waals surface area contributed by atoms with E-state index in [0.29, 0.717) is 5.54 Å². The zero-order chi connectivity index (χ0) is 7.31. The first-order valence-corrected chi connectivity index (χ1v) is 4.55. The highest BCUT2D eigenvalue weighted by molar-refractivity contribution is 5.12. The SMILES string of the molecule is c1ccn(C2(C3CC3)CC2)c1. The van der Waals surface area contributed by atoms with Crippen LogP contribution in [0.2, 0.25) is 0 Å². The first kappa shape index (κ1) is 5.87. The van der Waals surface area contributed by atoms with Gasteiger partial charge in [-0.05, 0) is 43.7 Å². The Balaban J connectivity index is 1.97. The van der Waals surface area contributed by atoms with E-state index in [1.54, 1.807) is 0 Å². The van der Waals surface area contributed by atoms with Gasteiger partial charge in [-0.15, -0.1) is 0 Å². The number of aromatic nitrogens is 1. The van der Waals surface area contributed by atoms with Crippen molar-refractivity contribution in [3.63, 3.8) is 0 Å². The van der Waals surface area contributed by atoms with E-state index >= 15 is 0 Å². The van der Waals surface area contributed by atoms with Crippen LogP contribution >= 0.6 is 0 Å². The van der Waals surface area contributed by atoms with Crippen molar-refractivity contribution in [3.05, 3.63) is 24.5 Å². The molecule has 1 heteroatoms. The van der Waals surface area contributed by atoms with Gasteiger partial charge in [0.2, 0.25) is 0 Å². The Morgan fingerprint density at radius 2 is 1.73 bits per heavy atom. The minimum Gasteiger partial charge on any atom is -0.348 e. The molecule has 2 fully saturated rings. The van der Waals surface area contributed by atoms with Crippen LogP contribution in [0.25, 0.3) is 0 Å². The lowest BCUT2D eigenvalue weighted by atomic mass is 10.1.